The number of ether oxygens (including phenoxy) is 2. The molecular formula is C52H66N8O9S2. The fourth-order valence-corrected chi connectivity index (χ4v) is 12.3. The molecule has 4 N–H and O–H groups in total. The first-order valence-electron chi connectivity index (χ1n) is 25.0. The SMILES string of the molecule is COc1ccc2c(O[C@@H]3C[C@H]4C(=O)N[C@]5(C(=O)NS(=O)(=O)C6(C)CC6)C[C@@H]5/C=C\CCCCC[C@H](Nc5cccc(C(=O)N6CCN(CCO)CC6)c5)C(=O)N4C3)cc(-c3nc(C(C)C)cs3)nc2c1C. The Hall–Kier alpha value is -5.63. The summed E-state index contributed by atoms with van der Waals surface area (Å²) < 4.78 is 40.8. The lowest BCUT2D eigenvalue weighted by Crippen LogP contribution is -2.58. The van der Waals surface area contributed by atoms with E-state index < -0.39 is 56.2 Å². The number of aromatic nitrogens is 2. The zero-order valence-corrected chi connectivity index (χ0v) is 42.9. The van der Waals surface area contributed by atoms with E-state index in [2.05, 4.69) is 34.1 Å². The number of thiazole rings is 1. The second-order valence-electron chi connectivity index (χ2n) is 20.4. The normalized spacial score (nSPS) is 25.3. The van der Waals surface area contributed by atoms with Gasteiger partial charge in [0.1, 0.15) is 45.9 Å². The molecule has 0 spiro atoms. The predicted octanol–water partition coefficient (Wildman–Crippen LogP) is 5.77. The average molecular weight is 1010 g/mol. The number of aliphatic hydroxyl groups is 1. The number of pyridine rings is 1. The topological polar surface area (TPSA) is 213 Å². The zero-order valence-electron chi connectivity index (χ0n) is 41.2. The van der Waals surface area contributed by atoms with Crippen LogP contribution in [0.3, 0.4) is 0 Å². The van der Waals surface area contributed by atoms with Gasteiger partial charge in [0.25, 0.3) is 11.8 Å². The number of hydrogen-bond acceptors (Lipinski definition) is 14. The van der Waals surface area contributed by atoms with Gasteiger partial charge in [-0.05, 0) is 88.6 Å². The first kappa shape index (κ1) is 50.3. The van der Waals surface area contributed by atoms with Gasteiger partial charge in [-0.2, -0.15) is 0 Å². The van der Waals surface area contributed by atoms with Gasteiger partial charge in [-0.15, -0.1) is 11.3 Å². The first-order chi connectivity index (χ1) is 34.0. The summed E-state index contributed by atoms with van der Waals surface area (Å²) >= 11 is 1.49. The fourth-order valence-electron chi connectivity index (χ4n) is 10.0. The highest BCUT2D eigenvalue weighted by Gasteiger charge is 2.63. The number of benzene rings is 2. The van der Waals surface area contributed by atoms with Crippen LogP contribution in [0.15, 0.2) is 60.0 Å². The predicted molar refractivity (Wildman–Crippen MR) is 272 cm³/mol. The third-order valence-corrected chi connectivity index (χ3v) is 18.0. The largest absolute Gasteiger partial charge is 0.496 e. The van der Waals surface area contributed by atoms with Crippen molar-refractivity contribution in [3.8, 4) is 22.2 Å². The second-order valence-corrected chi connectivity index (χ2v) is 23.4. The molecule has 0 radical (unpaired) electrons. The molecule has 2 saturated heterocycles. The molecular weight excluding hydrogens is 945 g/mol. The number of anilines is 1. The van der Waals surface area contributed by atoms with E-state index in [9.17, 15) is 27.9 Å². The molecule has 3 aliphatic heterocycles. The van der Waals surface area contributed by atoms with E-state index >= 15 is 4.79 Å². The quantitative estimate of drug-likeness (QED) is 0.117. The van der Waals surface area contributed by atoms with Crippen molar-refractivity contribution in [2.45, 2.75) is 120 Å². The number of nitrogens with zero attached hydrogens (tertiary/aromatic N) is 5. The number of nitrogens with one attached hydrogen (secondary N) is 3. The minimum absolute atomic E-state index is 0.0220. The van der Waals surface area contributed by atoms with Gasteiger partial charge in [-0.3, -0.25) is 28.8 Å². The van der Waals surface area contributed by atoms with Gasteiger partial charge in [0.05, 0.1) is 36.2 Å². The zero-order chi connectivity index (χ0) is 50.2. The third kappa shape index (κ3) is 10.5. The lowest BCUT2D eigenvalue weighted by Gasteiger charge is -2.34. The van der Waals surface area contributed by atoms with E-state index in [4.69, 9.17) is 19.4 Å². The lowest BCUT2D eigenvalue weighted by molar-refractivity contribution is -0.140. The van der Waals surface area contributed by atoms with Gasteiger partial charge < -0.3 is 35.0 Å². The smallest absolute Gasteiger partial charge is 0.259 e. The van der Waals surface area contributed by atoms with Crippen LogP contribution >= 0.6 is 11.3 Å². The first-order valence-corrected chi connectivity index (χ1v) is 27.3. The standard InChI is InChI=1S/C52H66N8O9S2/c1-32(2)41-31-70-47(55-41)40-28-44(38-16-17-43(68-5)33(3)45(38)54-40)69-37-27-42-46(62)56-52(50(65)57-71(66,67)51(4)18-19-51)29-35(52)13-9-7-6-8-10-15-39(49(64)60(42)30-37)53-36-14-11-12-34(26-36)48(63)59-22-20-58(21-23-59)24-25-61/h9,11-14,16-17,26,28,31-32,35,37,39,42,53,61H,6-8,10,15,18-25,27,29-30H2,1-5H3,(H,56,62)(H,57,65)/b13-9-/t35-,37+,39-,42-,52+/m0/s1. The highest BCUT2D eigenvalue weighted by atomic mass is 32.2. The average Bonchev–Trinajstić information content (AvgIpc) is 4.13. The Morgan fingerprint density at radius 1 is 1.03 bits per heavy atom. The Kier molecular flexibility index (Phi) is 14.5. The molecule has 19 heteroatoms. The van der Waals surface area contributed by atoms with Crippen LogP contribution < -0.4 is 24.8 Å². The van der Waals surface area contributed by atoms with Gasteiger partial charge in [-0.1, -0.05) is 44.9 Å². The minimum atomic E-state index is -4.03. The number of amides is 4. The number of aryl methyl sites for hydroxylation is 1. The second kappa shape index (κ2) is 20.5. The Labute approximate surface area is 419 Å². The summed E-state index contributed by atoms with van der Waals surface area (Å²) in [5.74, 6) is -0.942. The lowest BCUT2D eigenvalue weighted by atomic mass is 10.0. The van der Waals surface area contributed by atoms with Crippen LogP contribution in [0.4, 0.5) is 5.69 Å². The highest BCUT2D eigenvalue weighted by molar-refractivity contribution is 7.91. The monoisotopic (exact) mass is 1010 g/mol. The van der Waals surface area contributed by atoms with Crippen LogP contribution in [-0.4, -0.2) is 143 Å². The molecule has 2 saturated carbocycles. The Morgan fingerprint density at radius 3 is 2.54 bits per heavy atom. The Bertz CT molecular complexity index is 2820. The molecule has 2 aromatic carbocycles. The maximum atomic E-state index is 15.3. The summed E-state index contributed by atoms with van der Waals surface area (Å²) in [4.78, 5) is 73.7. The maximum absolute atomic E-state index is 15.3. The van der Waals surface area contributed by atoms with Crippen LogP contribution in [-0.2, 0) is 24.4 Å². The van der Waals surface area contributed by atoms with Crippen LogP contribution in [0.1, 0.15) is 106 Å². The number of piperazine rings is 1. The molecule has 4 amide bonds. The number of β-amino-alcohol motifs (C(OH)–C–C–N with tert-alkyl or cyclic N) is 1. The molecule has 71 heavy (non-hydrogen) atoms. The number of sulfonamides is 1. The summed E-state index contributed by atoms with van der Waals surface area (Å²) in [6.07, 6.45) is 7.76. The van der Waals surface area contributed by atoms with Crippen LogP contribution in [0.25, 0.3) is 21.6 Å². The molecule has 4 fully saturated rings. The van der Waals surface area contributed by atoms with Gasteiger partial charge in [0, 0.05) is 78.7 Å². The number of allylic oxidation sites excluding steroid dienone is 1. The summed E-state index contributed by atoms with van der Waals surface area (Å²) in [6, 6.07) is 10.8. The molecule has 4 aromatic rings. The summed E-state index contributed by atoms with van der Waals surface area (Å²) in [7, 11) is -2.42. The molecule has 5 heterocycles. The van der Waals surface area contributed by atoms with E-state index in [0.29, 0.717) is 109 Å². The Morgan fingerprint density at radius 2 is 1.82 bits per heavy atom. The molecule has 9 rings (SSSR count). The Balaban J connectivity index is 1.04. The van der Waals surface area contributed by atoms with Gasteiger partial charge >= 0.3 is 0 Å². The molecule has 0 bridgehead atoms. The summed E-state index contributed by atoms with van der Waals surface area (Å²) in [5, 5.41) is 19.3. The van der Waals surface area contributed by atoms with E-state index in [1.807, 2.05) is 48.7 Å². The van der Waals surface area contributed by atoms with Gasteiger partial charge in [0.15, 0.2) is 0 Å². The summed E-state index contributed by atoms with van der Waals surface area (Å²) in [5.41, 5.74) is 2.52. The molecule has 2 aromatic heterocycles. The number of rotatable bonds is 13. The van der Waals surface area contributed by atoms with Crippen LogP contribution in [0.5, 0.6) is 11.5 Å². The van der Waals surface area contributed by atoms with Crippen molar-refractivity contribution in [2.24, 2.45) is 5.92 Å². The molecule has 17 nitrogen and oxygen atoms in total. The van der Waals surface area contributed by atoms with Crippen molar-refractivity contribution < 1.29 is 42.2 Å². The number of hydrogen-bond donors (Lipinski definition) is 4. The van der Waals surface area contributed by atoms with E-state index in [-0.39, 0.29) is 43.7 Å². The number of aliphatic hydroxyl groups excluding tert-OH is 1. The molecule has 0 unspecified atom stereocenters. The van der Waals surface area contributed by atoms with Crippen molar-refractivity contribution in [2.75, 3.05) is 58.3 Å². The molecule has 380 valence electrons. The molecule has 5 atom stereocenters. The maximum Gasteiger partial charge on any atom is 0.259 e. The van der Waals surface area contributed by atoms with Crippen molar-refractivity contribution >= 4 is 61.6 Å². The van der Waals surface area contributed by atoms with Crippen molar-refractivity contribution in [3.63, 3.8) is 0 Å². The van der Waals surface area contributed by atoms with E-state index in [0.717, 1.165) is 24.1 Å². The fraction of sp³-hybridized carbons (Fsp3) is 0.538. The van der Waals surface area contributed by atoms with E-state index in [1.54, 1.807) is 37.1 Å². The number of carbonyl (C=O) groups excluding carboxylic acids is 4. The number of fused-ring (bicyclic) bond motifs is 3. The van der Waals surface area contributed by atoms with Gasteiger partial charge in [-0.25, -0.2) is 18.4 Å². The number of methoxy groups -OCH3 is 1. The van der Waals surface area contributed by atoms with Crippen molar-refractivity contribution in [1.29, 1.82) is 0 Å². The highest BCUT2D eigenvalue weighted by Crippen LogP contribution is 2.48. The number of carbonyl (C=O) groups is 4. The molecule has 2 aliphatic carbocycles. The van der Waals surface area contributed by atoms with Crippen molar-refractivity contribution in [1.82, 2.24) is 34.7 Å². The van der Waals surface area contributed by atoms with Crippen LogP contribution in [0, 0.1) is 12.8 Å². The van der Waals surface area contributed by atoms with E-state index in [1.165, 1.54) is 16.2 Å². The minimum Gasteiger partial charge on any atom is -0.496 e. The van der Waals surface area contributed by atoms with Crippen molar-refractivity contribution in [3.05, 3.63) is 76.8 Å². The van der Waals surface area contributed by atoms with Crippen LogP contribution in [0.2, 0.25) is 0 Å². The molecule has 5 aliphatic rings. The third-order valence-electron chi connectivity index (χ3n) is 15.0. The van der Waals surface area contributed by atoms with Gasteiger partial charge in [0.2, 0.25) is 21.8 Å². The summed E-state index contributed by atoms with van der Waals surface area (Å²) in [6.45, 7) is 10.7.